The summed E-state index contributed by atoms with van der Waals surface area (Å²) in [5.74, 6) is -0.850. The van der Waals surface area contributed by atoms with E-state index in [1.54, 1.807) is 4.68 Å². The van der Waals surface area contributed by atoms with E-state index in [-0.39, 0.29) is 6.54 Å². The molecule has 0 aliphatic carbocycles. The number of aryl methyl sites for hydroxylation is 1. The van der Waals surface area contributed by atoms with Crippen LogP contribution in [0.2, 0.25) is 0 Å². The smallest absolute Gasteiger partial charge is 0.128 e. The van der Waals surface area contributed by atoms with Crippen molar-refractivity contribution in [3.8, 4) is 0 Å². The van der Waals surface area contributed by atoms with Crippen molar-refractivity contribution >= 4 is 0 Å². The van der Waals surface area contributed by atoms with Gasteiger partial charge in [-0.3, -0.25) is 4.68 Å². The standard InChI is InChI=1S/C14H17F2N3/c1-9-13(7-17-3)10(2)19(18-9)8-11-6-12(15)4-5-14(11)16/h4-6,17H,7-8H2,1-3H3. The molecule has 1 aromatic carbocycles. The Kier molecular flexibility index (Phi) is 3.95. The van der Waals surface area contributed by atoms with E-state index in [9.17, 15) is 8.78 Å². The van der Waals surface area contributed by atoms with E-state index in [1.165, 1.54) is 6.07 Å². The number of hydrogen-bond donors (Lipinski definition) is 1. The van der Waals surface area contributed by atoms with Gasteiger partial charge in [0, 0.05) is 23.4 Å². The Bertz CT molecular complexity index is 591. The van der Waals surface area contributed by atoms with Crippen LogP contribution >= 0.6 is 0 Å². The molecule has 0 fully saturated rings. The zero-order valence-corrected chi connectivity index (χ0v) is 11.3. The molecule has 3 nitrogen and oxygen atoms in total. The van der Waals surface area contributed by atoms with E-state index in [1.807, 2.05) is 20.9 Å². The predicted molar refractivity (Wildman–Crippen MR) is 69.9 cm³/mol. The minimum Gasteiger partial charge on any atom is -0.316 e. The molecule has 19 heavy (non-hydrogen) atoms. The maximum atomic E-state index is 13.6. The summed E-state index contributed by atoms with van der Waals surface area (Å²) in [6, 6.07) is 3.47. The second-order valence-electron chi connectivity index (χ2n) is 4.57. The van der Waals surface area contributed by atoms with Crippen molar-refractivity contribution in [1.29, 1.82) is 0 Å². The molecular formula is C14H17F2N3. The fraction of sp³-hybridized carbons (Fsp3) is 0.357. The van der Waals surface area contributed by atoms with E-state index in [0.29, 0.717) is 12.1 Å². The summed E-state index contributed by atoms with van der Waals surface area (Å²) in [5, 5.41) is 7.46. The first-order valence-corrected chi connectivity index (χ1v) is 6.14. The second-order valence-corrected chi connectivity index (χ2v) is 4.57. The van der Waals surface area contributed by atoms with Crippen molar-refractivity contribution in [2.75, 3.05) is 7.05 Å². The van der Waals surface area contributed by atoms with Crippen LogP contribution in [0, 0.1) is 25.5 Å². The van der Waals surface area contributed by atoms with Crippen molar-refractivity contribution in [2.24, 2.45) is 0 Å². The van der Waals surface area contributed by atoms with Crippen molar-refractivity contribution < 1.29 is 8.78 Å². The van der Waals surface area contributed by atoms with E-state index in [2.05, 4.69) is 10.4 Å². The van der Waals surface area contributed by atoms with Gasteiger partial charge in [-0.2, -0.15) is 5.10 Å². The molecule has 0 radical (unpaired) electrons. The van der Waals surface area contributed by atoms with Crippen LogP contribution in [0.4, 0.5) is 8.78 Å². The molecule has 1 aromatic heterocycles. The summed E-state index contributed by atoms with van der Waals surface area (Å²) in [6.07, 6.45) is 0. The Balaban J connectivity index is 2.33. The minimum atomic E-state index is -0.437. The first-order chi connectivity index (χ1) is 9.02. The molecule has 1 N–H and O–H groups in total. The Labute approximate surface area is 111 Å². The number of nitrogens with one attached hydrogen (secondary N) is 1. The molecule has 2 rings (SSSR count). The molecule has 0 saturated heterocycles. The maximum absolute atomic E-state index is 13.6. The molecule has 0 unspecified atom stereocenters. The predicted octanol–water partition coefficient (Wildman–Crippen LogP) is 2.55. The summed E-state index contributed by atoms with van der Waals surface area (Å²) in [5.41, 5.74) is 3.28. The van der Waals surface area contributed by atoms with Crippen LogP contribution in [0.5, 0.6) is 0 Å². The van der Waals surface area contributed by atoms with Gasteiger partial charge in [-0.05, 0) is 39.1 Å². The van der Waals surface area contributed by atoms with Gasteiger partial charge in [-0.15, -0.1) is 0 Å². The summed E-state index contributed by atoms with van der Waals surface area (Å²) >= 11 is 0. The van der Waals surface area contributed by atoms with Crippen LogP contribution in [-0.4, -0.2) is 16.8 Å². The van der Waals surface area contributed by atoms with Crippen LogP contribution in [0.3, 0.4) is 0 Å². The fourth-order valence-corrected chi connectivity index (χ4v) is 2.15. The molecule has 2 aromatic rings. The molecule has 102 valence electrons. The van der Waals surface area contributed by atoms with E-state index in [0.717, 1.165) is 29.1 Å². The average Bonchev–Trinajstić information content (AvgIpc) is 2.62. The van der Waals surface area contributed by atoms with Gasteiger partial charge in [0.05, 0.1) is 12.2 Å². The highest BCUT2D eigenvalue weighted by molar-refractivity contribution is 5.26. The van der Waals surface area contributed by atoms with Gasteiger partial charge in [0.2, 0.25) is 0 Å². The topological polar surface area (TPSA) is 29.9 Å². The highest BCUT2D eigenvalue weighted by Crippen LogP contribution is 2.16. The third-order valence-electron chi connectivity index (χ3n) is 3.21. The van der Waals surface area contributed by atoms with Gasteiger partial charge >= 0.3 is 0 Å². The van der Waals surface area contributed by atoms with Crippen molar-refractivity contribution in [3.05, 3.63) is 52.3 Å². The number of aromatic nitrogens is 2. The SMILES string of the molecule is CNCc1c(C)nn(Cc2cc(F)ccc2F)c1C. The molecule has 0 spiro atoms. The molecule has 1 heterocycles. The van der Waals surface area contributed by atoms with E-state index in [4.69, 9.17) is 0 Å². The van der Waals surface area contributed by atoms with Crippen molar-refractivity contribution in [3.63, 3.8) is 0 Å². The molecular weight excluding hydrogens is 248 g/mol. The monoisotopic (exact) mass is 265 g/mol. The second kappa shape index (κ2) is 5.48. The lowest BCUT2D eigenvalue weighted by Crippen LogP contribution is -2.09. The van der Waals surface area contributed by atoms with Gasteiger partial charge in [0.1, 0.15) is 11.6 Å². The molecule has 0 bridgehead atoms. The van der Waals surface area contributed by atoms with Gasteiger partial charge in [-0.25, -0.2) is 8.78 Å². The zero-order valence-electron chi connectivity index (χ0n) is 11.3. The summed E-state index contributed by atoms with van der Waals surface area (Å²) < 4.78 is 28.5. The van der Waals surface area contributed by atoms with Crippen LogP contribution in [0.1, 0.15) is 22.5 Å². The van der Waals surface area contributed by atoms with Gasteiger partial charge in [0.15, 0.2) is 0 Å². The average molecular weight is 265 g/mol. The molecule has 0 amide bonds. The normalized spacial score (nSPS) is 11.0. The van der Waals surface area contributed by atoms with Gasteiger partial charge < -0.3 is 5.32 Å². The molecule has 0 aliphatic rings. The van der Waals surface area contributed by atoms with Crippen molar-refractivity contribution in [2.45, 2.75) is 26.9 Å². The van der Waals surface area contributed by atoms with Crippen LogP contribution < -0.4 is 5.32 Å². The highest BCUT2D eigenvalue weighted by atomic mass is 19.1. The lowest BCUT2D eigenvalue weighted by Gasteiger charge is -2.07. The number of benzene rings is 1. The first-order valence-electron chi connectivity index (χ1n) is 6.14. The lowest BCUT2D eigenvalue weighted by molar-refractivity contribution is 0.561. The minimum absolute atomic E-state index is 0.236. The summed E-state index contributed by atoms with van der Waals surface area (Å²) in [6.45, 7) is 4.80. The third-order valence-corrected chi connectivity index (χ3v) is 3.21. The molecule has 0 atom stereocenters. The maximum Gasteiger partial charge on any atom is 0.128 e. The number of hydrogen-bond acceptors (Lipinski definition) is 2. The van der Waals surface area contributed by atoms with E-state index < -0.39 is 11.6 Å². The van der Waals surface area contributed by atoms with Crippen LogP contribution in [0.25, 0.3) is 0 Å². The lowest BCUT2D eigenvalue weighted by atomic mass is 10.2. The first kappa shape index (κ1) is 13.7. The molecule has 0 aliphatic heterocycles. The molecule has 5 heteroatoms. The Morgan fingerprint density at radius 3 is 2.68 bits per heavy atom. The highest BCUT2D eigenvalue weighted by Gasteiger charge is 2.12. The van der Waals surface area contributed by atoms with Gasteiger partial charge in [-0.1, -0.05) is 0 Å². The van der Waals surface area contributed by atoms with Gasteiger partial charge in [0.25, 0.3) is 0 Å². The zero-order chi connectivity index (χ0) is 14.0. The number of nitrogens with zero attached hydrogens (tertiary/aromatic N) is 2. The van der Waals surface area contributed by atoms with Crippen molar-refractivity contribution in [1.82, 2.24) is 15.1 Å². The van der Waals surface area contributed by atoms with E-state index >= 15 is 0 Å². The third kappa shape index (κ3) is 2.81. The fourth-order valence-electron chi connectivity index (χ4n) is 2.15. The quantitative estimate of drug-likeness (QED) is 0.920. The number of halogens is 2. The Hall–Kier alpha value is -1.75. The summed E-state index contributed by atoms with van der Waals surface area (Å²) in [7, 11) is 1.86. The Morgan fingerprint density at radius 2 is 2.00 bits per heavy atom. The Morgan fingerprint density at radius 1 is 1.26 bits per heavy atom. The summed E-state index contributed by atoms with van der Waals surface area (Å²) in [4.78, 5) is 0. The number of rotatable bonds is 4. The largest absolute Gasteiger partial charge is 0.316 e. The molecule has 0 saturated carbocycles. The van der Waals surface area contributed by atoms with Crippen LogP contribution in [-0.2, 0) is 13.1 Å². The van der Waals surface area contributed by atoms with Crippen LogP contribution in [0.15, 0.2) is 18.2 Å².